The first-order chi connectivity index (χ1) is 15.1. The molecule has 0 saturated heterocycles. The molecular weight excluding hydrogens is 453 g/mol. The summed E-state index contributed by atoms with van der Waals surface area (Å²) in [5, 5.41) is 5.03. The van der Waals surface area contributed by atoms with Gasteiger partial charge in [-0.1, -0.05) is 49.0 Å². The summed E-state index contributed by atoms with van der Waals surface area (Å²) in [6.45, 7) is 4.55. The number of hydrazone groups is 1. The first kappa shape index (κ1) is 24.0. The molecule has 5 nitrogen and oxygen atoms in total. The molecule has 1 aliphatic rings. The molecule has 2 aromatic carbocycles. The van der Waals surface area contributed by atoms with Crippen LogP contribution < -0.4 is 5.48 Å². The predicted molar refractivity (Wildman–Crippen MR) is 110 cm³/mol. The topological polar surface area (TPSA) is 53.9 Å². The number of thioether (sulfide) groups is 1. The molecule has 2 amide bonds. The van der Waals surface area contributed by atoms with Crippen molar-refractivity contribution in [3.63, 3.8) is 0 Å². The lowest BCUT2D eigenvalue weighted by Crippen LogP contribution is -2.48. The molecule has 1 heterocycles. The van der Waals surface area contributed by atoms with Gasteiger partial charge in [0.2, 0.25) is 0 Å². The Morgan fingerprint density at radius 3 is 2.56 bits per heavy atom. The SMILES string of the molecule is [CH2]CCC1(c2ccccc2)SC(c2cc(F)ccc2F)=NN1C(=O)NOC(C)C(F)(F)F. The van der Waals surface area contributed by atoms with E-state index in [0.717, 1.165) is 41.9 Å². The van der Waals surface area contributed by atoms with Crippen LogP contribution in [0.4, 0.5) is 26.7 Å². The van der Waals surface area contributed by atoms with Crippen LogP contribution in [-0.2, 0) is 9.71 Å². The summed E-state index contributed by atoms with van der Waals surface area (Å²) in [5.41, 5.74) is 2.16. The number of amides is 2. The second-order valence-corrected chi connectivity index (χ2v) is 8.17. The van der Waals surface area contributed by atoms with Crippen LogP contribution in [-0.4, -0.2) is 28.4 Å². The van der Waals surface area contributed by atoms with E-state index in [4.69, 9.17) is 0 Å². The molecule has 1 N–H and O–H groups in total. The van der Waals surface area contributed by atoms with Gasteiger partial charge in [0.15, 0.2) is 6.10 Å². The lowest BCUT2D eigenvalue weighted by atomic mass is 10.0. The maximum Gasteiger partial charge on any atom is 0.416 e. The van der Waals surface area contributed by atoms with Gasteiger partial charge in [-0.05, 0) is 43.5 Å². The number of carbonyl (C=O) groups is 1. The van der Waals surface area contributed by atoms with Crippen molar-refractivity contribution < 1.29 is 31.6 Å². The molecular formula is C21H19F5N3O2S. The van der Waals surface area contributed by atoms with Gasteiger partial charge in [-0.15, -0.1) is 0 Å². The van der Waals surface area contributed by atoms with Gasteiger partial charge in [0.25, 0.3) is 0 Å². The number of hydrogen-bond acceptors (Lipinski definition) is 4. The Kier molecular flexibility index (Phi) is 7.09. The second kappa shape index (κ2) is 9.45. The van der Waals surface area contributed by atoms with Crippen LogP contribution in [0.25, 0.3) is 0 Å². The lowest BCUT2D eigenvalue weighted by molar-refractivity contribution is -0.226. The van der Waals surface area contributed by atoms with Crippen LogP contribution in [0.5, 0.6) is 0 Å². The third kappa shape index (κ3) is 4.88. The minimum absolute atomic E-state index is 0.0154. The minimum Gasteiger partial charge on any atom is -0.260 e. The number of nitrogens with one attached hydrogen (secondary N) is 1. The maximum absolute atomic E-state index is 14.4. The van der Waals surface area contributed by atoms with Gasteiger partial charge < -0.3 is 0 Å². The zero-order valence-electron chi connectivity index (χ0n) is 16.8. The first-order valence-corrected chi connectivity index (χ1v) is 10.3. The van der Waals surface area contributed by atoms with E-state index in [-0.39, 0.29) is 17.0 Å². The largest absolute Gasteiger partial charge is 0.416 e. The van der Waals surface area contributed by atoms with E-state index in [1.54, 1.807) is 35.8 Å². The highest BCUT2D eigenvalue weighted by molar-refractivity contribution is 8.15. The van der Waals surface area contributed by atoms with Crippen molar-refractivity contribution in [2.24, 2.45) is 5.10 Å². The maximum atomic E-state index is 14.4. The second-order valence-electron chi connectivity index (χ2n) is 6.91. The van der Waals surface area contributed by atoms with E-state index in [1.165, 1.54) is 0 Å². The summed E-state index contributed by atoms with van der Waals surface area (Å²) in [6.07, 6.45) is -6.45. The van der Waals surface area contributed by atoms with E-state index < -0.39 is 34.8 Å². The number of rotatable bonds is 6. The lowest BCUT2D eigenvalue weighted by Gasteiger charge is -2.35. The summed E-state index contributed by atoms with van der Waals surface area (Å²) in [4.78, 5) is 16.1. The van der Waals surface area contributed by atoms with Crippen molar-refractivity contribution in [2.45, 2.75) is 36.9 Å². The van der Waals surface area contributed by atoms with Crippen molar-refractivity contribution in [3.8, 4) is 0 Å². The Labute approximate surface area is 185 Å². The van der Waals surface area contributed by atoms with Crippen LogP contribution in [0.2, 0.25) is 0 Å². The number of carbonyl (C=O) groups excluding carboxylic acids is 1. The highest BCUT2D eigenvalue weighted by Gasteiger charge is 2.49. The Hall–Kier alpha value is -2.66. The van der Waals surface area contributed by atoms with Crippen molar-refractivity contribution in [1.29, 1.82) is 0 Å². The molecule has 2 aromatic rings. The molecule has 1 radical (unpaired) electrons. The van der Waals surface area contributed by atoms with E-state index in [0.29, 0.717) is 12.0 Å². The quantitative estimate of drug-likeness (QED) is 0.431. The third-order valence-electron chi connectivity index (χ3n) is 4.67. The van der Waals surface area contributed by atoms with Crippen LogP contribution in [0.3, 0.4) is 0 Å². The number of urea groups is 1. The van der Waals surface area contributed by atoms with Gasteiger partial charge in [0, 0.05) is 5.56 Å². The Morgan fingerprint density at radius 1 is 1.25 bits per heavy atom. The van der Waals surface area contributed by atoms with Crippen LogP contribution >= 0.6 is 11.8 Å². The molecule has 3 rings (SSSR count). The highest BCUT2D eigenvalue weighted by atomic mass is 32.2. The number of nitrogens with zero attached hydrogens (tertiary/aromatic N) is 2. The Balaban J connectivity index is 2.03. The van der Waals surface area contributed by atoms with Crippen LogP contribution in [0.15, 0.2) is 53.6 Å². The monoisotopic (exact) mass is 472 g/mol. The molecule has 0 aromatic heterocycles. The highest BCUT2D eigenvalue weighted by Crippen LogP contribution is 2.50. The van der Waals surface area contributed by atoms with Gasteiger partial charge in [0.1, 0.15) is 21.5 Å². The number of halogens is 5. The molecule has 0 bridgehead atoms. The summed E-state index contributed by atoms with van der Waals surface area (Å²) < 4.78 is 66.5. The average Bonchev–Trinajstić information content (AvgIpc) is 3.14. The molecule has 0 fully saturated rings. The summed E-state index contributed by atoms with van der Waals surface area (Å²) in [7, 11) is 0. The molecule has 171 valence electrons. The number of benzene rings is 2. The fourth-order valence-corrected chi connectivity index (χ4v) is 4.46. The number of alkyl halides is 3. The van der Waals surface area contributed by atoms with E-state index in [9.17, 15) is 26.7 Å². The third-order valence-corrected chi connectivity index (χ3v) is 6.12. The normalized spacial score (nSPS) is 19.6. The van der Waals surface area contributed by atoms with E-state index in [1.807, 2.05) is 0 Å². The van der Waals surface area contributed by atoms with E-state index >= 15 is 0 Å². The van der Waals surface area contributed by atoms with Crippen LogP contribution in [0, 0.1) is 18.6 Å². The summed E-state index contributed by atoms with van der Waals surface area (Å²) >= 11 is 0.979. The first-order valence-electron chi connectivity index (χ1n) is 9.49. The summed E-state index contributed by atoms with van der Waals surface area (Å²) in [5.74, 6) is -1.48. The molecule has 2 unspecified atom stereocenters. The van der Waals surface area contributed by atoms with Gasteiger partial charge in [-0.25, -0.2) is 19.1 Å². The number of hydroxylamine groups is 1. The molecule has 32 heavy (non-hydrogen) atoms. The zero-order valence-corrected chi connectivity index (χ0v) is 17.6. The molecule has 0 saturated carbocycles. The smallest absolute Gasteiger partial charge is 0.260 e. The average molecular weight is 472 g/mol. The molecule has 1 aliphatic heterocycles. The molecule has 0 aliphatic carbocycles. The van der Waals surface area contributed by atoms with Gasteiger partial charge in [0.05, 0.1) is 0 Å². The van der Waals surface area contributed by atoms with Gasteiger partial charge >= 0.3 is 12.2 Å². The molecule has 0 spiro atoms. The Bertz CT molecular complexity index is 1000. The Morgan fingerprint density at radius 2 is 1.94 bits per heavy atom. The molecule has 2 atom stereocenters. The summed E-state index contributed by atoms with van der Waals surface area (Å²) in [6, 6.07) is 10.3. The van der Waals surface area contributed by atoms with Crippen molar-refractivity contribution >= 4 is 22.8 Å². The van der Waals surface area contributed by atoms with Gasteiger partial charge in [-0.2, -0.15) is 23.3 Å². The predicted octanol–water partition coefficient (Wildman–Crippen LogP) is 5.73. The standard InChI is InChI=1S/C21H19F5N3O2S/c1-3-11-20(14-7-5-4-6-8-14)29(19(30)28-31-13(2)21(24,25)26)27-18(32-20)16-12-15(22)9-10-17(16)23/h4-10,12-13H,1,3,11H2,2H3,(H,28,30). The fourth-order valence-electron chi connectivity index (χ4n) is 3.04. The van der Waals surface area contributed by atoms with Crippen molar-refractivity contribution in [1.82, 2.24) is 10.5 Å². The van der Waals surface area contributed by atoms with Crippen LogP contribution in [0.1, 0.15) is 30.9 Å². The van der Waals surface area contributed by atoms with E-state index in [2.05, 4.69) is 16.9 Å². The van der Waals surface area contributed by atoms with Crippen molar-refractivity contribution in [3.05, 3.63) is 78.2 Å². The zero-order chi connectivity index (χ0) is 23.5. The number of hydrogen-bond donors (Lipinski definition) is 1. The molecule has 11 heteroatoms. The van der Waals surface area contributed by atoms with Gasteiger partial charge in [-0.3, -0.25) is 4.84 Å². The minimum atomic E-state index is -4.70. The van der Waals surface area contributed by atoms with Crippen molar-refractivity contribution in [2.75, 3.05) is 0 Å². The fraction of sp³-hybridized carbons (Fsp3) is 0.286.